The SMILES string of the molecule is COCCN(Cc1cc(CNCC(C)C)no1)CC(C)C. The number of aromatic nitrogens is 1. The summed E-state index contributed by atoms with van der Waals surface area (Å²) in [5.41, 5.74) is 0.974. The van der Waals surface area contributed by atoms with Crippen molar-refractivity contribution in [1.29, 1.82) is 0 Å². The summed E-state index contributed by atoms with van der Waals surface area (Å²) in [5, 5.41) is 7.51. The van der Waals surface area contributed by atoms with Crippen molar-refractivity contribution in [3.63, 3.8) is 0 Å². The molecule has 1 heterocycles. The van der Waals surface area contributed by atoms with E-state index in [2.05, 4.69) is 43.1 Å². The van der Waals surface area contributed by atoms with Gasteiger partial charge in [0.1, 0.15) is 0 Å². The van der Waals surface area contributed by atoms with Gasteiger partial charge in [-0.15, -0.1) is 0 Å². The average Bonchev–Trinajstić information content (AvgIpc) is 2.82. The van der Waals surface area contributed by atoms with Crippen LogP contribution in [0.25, 0.3) is 0 Å². The van der Waals surface area contributed by atoms with E-state index in [0.29, 0.717) is 11.8 Å². The van der Waals surface area contributed by atoms with E-state index in [1.165, 1.54) is 0 Å². The standard InChI is InChI=1S/C16H31N3O2/c1-13(2)9-17-10-15-8-16(21-18-15)12-19(6-7-20-5)11-14(3)4/h8,13-14,17H,6-7,9-12H2,1-5H3. The van der Waals surface area contributed by atoms with Crippen molar-refractivity contribution in [3.8, 4) is 0 Å². The monoisotopic (exact) mass is 297 g/mol. The number of methoxy groups -OCH3 is 1. The molecule has 21 heavy (non-hydrogen) atoms. The Balaban J connectivity index is 2.45. The Hall–Kier alpha value is -0.910. The zero-order valence-electron chi connectivity index (χ0n) is 14.2. The van der Waals surface area contributed by atoms with E-state index >= 15 is 0 Å². The first-order chi connectivity index (χ1) is 10.0. The van der Waals surface area contributed by atoms with Crippen LogP contribution in [0.5, 0.6) is 0 Å². The Labute approximate surface area is 129 Å². The van der Waals surface area contributed by atoms with Gasteiger partial charge >= 0.3 is 0 Å². The molecule has 0 unspecified atom stereocenters. The highest BCUT2D eigenvalue weighted by atomic mass is 16.5. The number of ether oxygens (including phenoxy) is 1. The highest BCUT2D eigenvalue weighted by Gasteiger charge is 2.12. The maximum Gasteiger partial charge on any atom is 0.151 e. The fraction of sp³-hybridized carbons (Fsp3) is 0.812. The Morgan fingerprint density at radius 1 is 1.29 bits per heavy atom. The first-order valence-corrected chi connectivity index (χ1v) is 7.87. The van der Waals surface area contributed by atoms with E-state index in [9.17, 15) is 0 Å². The van der Waals surface area contributed by atoms with Gasteiger partial charge < -0.3 is 14.6 Å². The lowest BCUT2D eigenvalue weighted by atomic mass is 10.2. The van der Waals surface area contributed by atoms with Crippen LogP contribution in [0.15, 0.2) is 10.6 Å². The van der Waals surface area contributed by atoms with Gasteiger partial charge in [0.05, 0.1) is 18.8 Å². The topological polar surface area (TPSA) is 50.5 Å². The van der Waals surface area contributed by atoms with Crippen LogP contribution in [0.3, 0.4) is 0 Å². The van der Waals surface area contributed by atoms with Gasteiger partial charge in [-0.25, -0.2) is 0 Å². The third-order valence-electron chi connectivity index (χ3n) is 3.08. The molecular weight excluding hydrogens is 266 g/mol. The molecular formula is C16H31N3O2. The van der Waals surface area contributed by atoms with Crippen LogP contribution in [-0.2, 0) is 17.8 Å². The second kappa shape index (κ2) is 9.92. The zero-order valence-corrected chi connectivity index (χ0v) is 14.2. The molecule has 1 rings (SSSR count). The number of hydrogen-bond acceptors (Lipinski definition) is 5. The Morgan fingerprint density at radius 2 is 2.05 bits per heavy atom. The number of nitrogens with zero attached hydrogens (tertiary/aromatic N) is 2. The molecule has 5 nitrogen and oxygen atoms in total. The van der Waals surface area contributed by atoms with Gasteiger partial charge in [0.25, 0.3) is 0 Å². The Morgan fingerprint density at radius 3 is 2.67 bits per heavy atom. The van der Waals surface area contributed by atoms with Gasteiger partial charge in [-0.1, -0.05) is 32.9 Å². The molecule has 0 aliphatic heterocycles. The molecule has 0 radical (unpaired) electrons. The lowest BCUT2D eigenvalue weighted by molar-refractivity contribution is 0.129. The van der Waals surface area contributed by atoms with Crippen molar-refractivity contribution < 1.29 is 9.26 Å². The van der Waals surface area contributed by atoms with Crippen LogP contribution < -0.4 is 5.32 Å². The molecule has 0 atom stereocenters. The van der Waals surface area contributed by atoms with Gasteiger partial charge in [0.15, 0.2) is 5.76 Å². The van der Waals surface area contributed by atoms with Crippen molar-refractivity contribution in [3.05, 3.63) is 17.5 Å². The minimum Gasteiger partial charge on any atom is -0.383 e. The second-order valence-electron chi connectivity index (χ2n) is 6.43. The summed E-state index contributed by atoms with van der Waals surface area (Å²) >= 11 is 0. The summed E-state index contributed by atoms with van der Waals surface area (Å²) in [6.45, 7) is 14.1. The summed E-state index contributed by atoms with van der Waals surface area (Å²) in [7, 11) is 1.74. The van der Waals surface area contributed by atoms with Crippen LogP contribution in [0.4, 0.5) is 0 Å². The van der Waals surface area contributed by atoms with E-state index in [4.69, 9.17) is 9.26 Å². The molecule has 1 aromatic rings. The first-order valence-electron chi connectivity index (χ1n) is 7.87. The molecule has 122 valence electrons. The molecule has 0 bridgehead atoms. The molecule has 0 aliphatic carbocycles. The molecule has 1 N–H and O–H groups in total. The largest absolute Gasteiger partial charge is 0.383 e. The van der Waals surface area contributed by atoms with E-state index in [1.54, 1.807) is 7.11 Å². The lowest BCUT2D eigenvalue weighted by Gasteiger charge is -2.22. The predicted octanol–water partition coefficient (Wildman–Crippen LogP) is 2.52. The molecule has 0 saturated heterocycles. The van der Waals surface area contributed by atoms with Gasteiger partial charge in [0.2, 0.25) is 0 Å². The minimum atomic E-state index is 0.622. The third kappa shape index (κ3) is 8.19. The summed E-state index contributed by atoms with van der Waals surface area (Å²) in [6, 6.07) is 2.05. The van der Waals surface area contributed by atoms with Crippen molar-refractivity contribution in [1.82, 2.24) is 15.4 Å². The van der Waals surface area contributed by atoms with E-state index in [0.717, 1.165) is 50.8 Å². The minimum absolute atomic E-state index is 0.622. The summed E-state index contributed by atoms with van der Waals surface area (Å²) in [6.07, 6.45) is 0. The van der Waals surface area contributed by atoms with Crippen molar-refractivity contribution in [2.75, 3.05) is 33.4 Å². The number of hydrogen-bond donors (Lipinski definition) is 1. The van der Waals surface area contributed by atoms with Crippen LogP contribution in [0, 0.1) is 11.8 Å². The fourth-order valence-corrected chi connectivity index (χ4v) is 2.19. The van der Waals surface area contributed by atoms with E-state index in [-0.39, 0.29) is 0 Å². The van der Waals surface area contributed by atoms with Crippen molar-refractivity contribution >= 4 is 0 Å². The molecule has 1 aromatic heterocycles. The molecule has 0 aromatic carbocycles. The van der Waals surface area contributed by atoms with Crippen LogP contribution in [0.2, 0.25) is 0 Å². The van der Waals surface area contributed by atoms with Crippen LogP contribution in [-0.4, -0.2) is 43.4 Å². The molecule has 0 amide bonds. The van der Waals surface area contributed by atoms with Crippen LogP contribution >= 0.6 is 0 Å². The fourth-order valence-electron chi connectivity index (χ4n) is 2.19. The molecule has 0 saturated carbocycles. The number of rotatable bonds is 11. The maximum atomic E-state index is 5.44. The molecule has 5 heteroatoms. The van der Waals surface area contributed by atoms with Crippen LogP contribution in [0.1, 0.15) is 39.1 Å². The zero-order chi connectivity index (χ0) is 15.7. The predicted molar refractivity (Wildman–Crippen MR) is 85.0 cm³/mol. The Kier molecular flexibility index (Phi) is 8.57. The molecule has 0 fully saturated rings. The summed E-state index contributed by atoms with van der Waals surface area (Å²) < 4.78 is 10.6. The van der Waals surface area contributed by atoms with E-state index < -0.39 is 0 Å². The van der Waals surface area contributed by atoms with Gasteiger partial charge in [-0.3, -0.25) is 4.90 Å². The van der Waals surface area contributed by atoms with Gasteiger partial charge in [-0.05, 0) is 18.4 Å². The smallest absolute Gasteiger partial charge is 0.151 e. The molecule has 0 aliphatic rings. The molecule has 0 spiro atoms. The summed E-state index contributed by atoms with van der Waals surface area (Å²) in [4.78, 5) is 2.35. The van der Waals surface area contributed by atoms with E-state index in [1.807, 2.05) is 6.07 Å². The quantitative estimate of drug-likeness (QED) is 0.680. The van der Waals surface area contributed by atoms with Gasteiger partial charge in [0, 0.05) is 32.8 Å². The highest BCUT2D eigenvalue weighted by molar-refractivity contribution is 5.05. The summed E-state index contributed by atoms with van der Waals surface area (Å²) in [5.74, 6) is 2.19. The van der Waals surface area contributed by atoms with Crippen molar-refractivity contribution in [2.45, 2.75) is 40.8 Å². The second-order valence-corrected chi connectivity index (χ2v) is 6.43. The maximum absolute atomic E-state index is 5.44. The first kappa shape index (κ1) is 18.1. The normalized spacial score (nSPS) is 12.0. The third-order valence-corrected chi connectivity index (χ3v) is 3.08. The highest BCUT2D eigenvalue weighted by Crippen LogP contribution is 2.09. The lowest BCUT2D eigenvalue weighted by Crippen LogP contribution is -2.30. The number of nitrogens with one attached hydrogen (secondary N) is 1. The average molecular weight is 297 g/mol. The Bertz CT molecular complexity index is 377. The van der Waals surface area contributed by atoms with Crippen molar-refractivity contribution in [2.24, 2.45) is 11.8 Å². The van der Waals surface area contributed by atoms with Gasteiger partial charge in [-0.2, -0.15) is 0 Å².